The minimum Gasteiger partial charge on any atom is -0.228 e. The summed E-state index contributed by atoms with van der Waals surface area (Å²) in [6.45, 7) is 1.83. The SMILES string of the molecule is CCC(c1ccc2cccccc1-2)S(N)(=O)=O. The summed E-state index contributed by atoms with van der Waals surface area (Å²) in [5.41, 5.74) is 2.78. The average molecular weight is 249 g/mol. The maximum absolute atomic E-state index is 11.6. The average Bonchev–Trinajstić information content (AvgIpc) is 2.48. The van der Waals surface area contributed by atoms with Crippen LogP contribution in [0.3, 0.4) is 0 Å². The summed E-state index contributed by atoms with van der Waals surface area (Å²) in [6.07, 6.45) is 0.483. The fraction of sp³-hybridized carbons (Fsp3) is 0.231. The first-order chi connectivity index (χ1) is 8.04. The maximum Gasteiger partial charge on any atom is 0.216 e. The number of rotatable bonds is 3. The van der Waals surface area contributed by atoms with Crippen LogP contribution in [0.15, 0.2) is 42.5 Å². The van der Waals surface area contributed by atoms with E-state index in [1.165, 1.54) is 0 Å². The Morgan fingerprint density at radius 1 is 1.12 bits per heavy atom. The molecule has 0 aromatic rings. The predicted octanol–water partition coefficient (Wildman–Crippen LogP) is 2.53. The van der Waals surface area contributed by atoms with Gasteiger partial charge in [0.15, 0.2) is 0 Å². The molecule has 0 saturated heterocycles. The zero-order chi connectivity index (χ0) is 12.5. The lowest BCUT2D eigenvalue weighted by atomic mass is 10.1. The Kier molecular flexibility index (Phi) is 3.17. The minimum absolute atomic E-state index is 0.483. The minimum atomic E-state index is -3.55. The molecule has 0 radical (unpaired) electrons. The number of hydrogen-bond acceptors (Lipinski definition) is 2. The van der Waals surface area contributed by atoms with E-state index in [0.29, 0.717) is 6.42 Å². The van der Waals surface area contributed by atoms with Crippen LogP contribution in [0.5, 0.6) is 0 Å². The highest BCUT2D eigenvalue weighted by Gasteiger charge is 2.25. The zero-order valence-electron chi connectivity index (χ0n) is 9.63. The Morgan fingerprint density at radius 2 is 1.82 bits per heavy atom. The molecule has 0 spiro atoms. The Hall–Kier alpha value is -1.39. The van der Waals surface area contributed by atoms with Crippen molar-refractivity contribution in [2.75, 3.05) is 0 Å². The van der Waals surface area contributed by atoms with Crippen LogP contribution in [0.1, 0.15) is 24.2 Å². The van der Waals surface area contributed by atoms with Crippen molar-refractivity contribution in [1.29, 1.82) is 0 Å². The van der Waals surface area contributed by atoms with Crippen LogP contribution < -0.4 is 5.14 Å². The molecule has 0 bridgehead atoms. The zero-order valence-corrected chi connectivity index (χ0v) is 10.4. The van der Waals surface area contributed by atoms with E-state index in [1.807, 2.05) is 49.4 Å². The van der Waals surface area contributed by atoms with E-state index in [1.54, 1.807) is 0 Å². The highest BCUT2D eigenvalue weighted by molar-refractivity contribution is 7.89. The van der Waals surface area contributed by atoms with Crippen LogP contribution in [-0.2, 0) is 10.0 Å². The summed E-state index contributed by atoms with van der Waals surface area (Å²) in [6, 6.07) is 13.4. The van der Waals surface area contributed by atoms with Crippen molar-refractivity contribution in [2.24, 2.45) is 5.14 Å². The van der Waals surface area contributed by atoms with Gasteiger partial charge in [-0.05, 0) is 23.1 Å². The van der Waals surface area contributed by atoms with E-state index in [-0.39, 0.29) is 0 Å². The normalized spacial score (nSPS) is 13.8. The molecule has 0 aromatic heterocycles. The first-order valence-electron chi connectivity index (χ1n) is 5.53. The van der Waals surface area contributed by atoms with Gasteiger partial charge in [0.25, 0.3) is 0 Å². The van der Waals surface area contributed by atoms with Crippen LogP contribution in [0, 0.1) is 0 Å². The Morgan fingerprint density at radius 3 is 2.47 bits per heavy atom. The monoisotopic (exact) mass is 249 g/mol. The maximum atomic E-state index is 11.6. The van der Waals surface area contributed by atoms with Crippen molar-refractivity contribution < 1.29 is 8.42 Å². The summed E-state index contributed by atoms with van der Waals surface area (Å²) in [7, 11) is -3.55. The quantitative estimate of drug-likeness (QED) is 0.908. The number of hydrogen-bond donors (Lipinski definition) is 1. The van der Waals surface area contributed by atoms with Gasteiger partial charge in [-0.15, -0.1) is 0 Å². The molecule has 0 fully saturated rings. The summed E-state index contributed by atoms with van der Waals surface area (Å²) in [5.74, 6) is 0. The third-order valence-corrected chi connectivity index (χ3v) is 4.32. The molecular formula is C13H15NO2S. The highest BCUT2D eigenvalue weighted by atomic mass is 32.2. The molecule has 0 heterocycles. The van der Waals surface area contributed by atoms with Crippen LogP contribution in [-0.4, -0.2) is 8.42 Å². The lowest BCUT2D eigenvalue weighted by Gasteiger charge is -2.12. The molecule has 0 saturated carbocycles. The molecule has 0 amide bonds. The van der Waals surface area contributed by atoms with Crippen LogP contribution in [0.2, 0.25) is 0 Å². The van der Waals surface area contributed by atoms with Crippen molar-refractivity contribution in [3.63, 3.8) is 0 Å². The van der Waals surface area contributed by atoms with E-state index in [9.17, 15) is 8.42 Å². The van der Waals surface area contributed by atoms with Gasteiger partial charge >= 0.3 is 0 Å². The van der Waals surface area contributed by atoms with Gasteiger partial charge < -0.3 is 0 Å². The van der Waals surface area contributed by atoms with Crippen LogP contribution in [0.25, 0.3) is 11.1 Å². The van der Waals surface area contributed by atoms with Crippen molar-refractivity contribution in [3.8, 4) is 11.1 Å². The number of fused-ring (bicyclic) bond motifs is 1. The third kappa shape index (κ3) is 2.33. The lowest BCUT2D eigenvalue weighted by Crippen LogP contribution is -2.21. The molecule has 2 N–H and O–H groups in total. The molecule has 0 aliphatic heterocycles. The van der Waals surface area contributed by atoms with Crippen molar-refractivity contribution in [2.45, 2.75) is 18.6 Å². The molecule has 90 valence electrons. The largest absolute Gasteiger partial charge is 0.228 e. The van der Waals surface area contributed by atoms with Gasteiger partial charge in [-0.25, -0.2) is 13.6 Å². The molecule has 2 aliphatic carbocycles. The van der Waals surface area contributed by atoms with Crippen molar-refractivity contribution in [1.82, 2.24) is 0 Å². The van der Waals surface area contributed by atoms with Gasteiger partial charge in [0.1, 0.15) is 5.25 Å². The summed E-state index contributed by atoms with van der Waals surface area (Å²) in [4.78, 5) is 0. The van der Waals surface area contributed by atoms with Crippen LogP contribution in [0.4, 0.5) is 0 Å². The molecule has 4 heteroatoms. The molecule has 0 aromatic carbocycles. The molecule has 1 atom stereocenters. The number of nitrogens with two attached hydrogens (primary N) is 1. The smallest absolute Gasteiger partial charge is 0.216 e. The van der Waals surface area contributed by atoms with E-state index in [2.05, 4.69) is 0 Å². The second-order valence-electron chi connectivity index (χ2n) is 4.05. The molecular weight excluding hydrogens is 234 g/mol. The summed E-state index contributed by atoms with van der Waals surface area (Å²) in [5, 5.41) is 4.65. The van der Waals surface area contributed by atoms with E-state index >= 15 is 0 Å². The molecule has 2 rings (SSSR count). The fourth-order valence-corrected chi connectivity index (χ4v) is 3.17. The lowest BCUT2D eigenvalue weighted by molar-refractivity contribution is 0.581. The number of primary sulfonamides is 1. The Bertz CT molecular complexity index is 592. The van der Waals surface area contributed by atoms with Gasteiger partial charge in [0, 0.05) is 0 Å². The Balaban J connectivity index is 2.59. The summed E-state index contributed by atoms with van der Waals surface area (Å²) >= 11 is 0. The van der Waals surface area contributed by atoms with Gasteiger partial charge in [0.05, 0.1) is 0 Å². The second kappa shape index (κ2) is 4.47. The van der Waals surface area contributed by atoms with Gasteiger partial charge in [-0.3, -0.25) is 0 Å². The number of sulfonamides is 1. The van der Waals surface area contributed by atoms with Gasteiger partial charge in [-0.1, -0.05) is 49.4 Å². The van der Waals surface area contributed by atoms with E-state index in [4.69, 9.17) is 5.14 Å². The predicted molar refractivity (Wildman–Crippen MR) is 69.2 cm³/mol. The topological polar surface area (TPSA) is 60.2 Å². The van der Waals surface area contributed by atoms with E-state index < -0.39 is 15.3 Å². The highest BCUT2D eigenvalue weighted by Crippen LogP contribution is 2.35. The molecule has 2 aliphatic rings. The second-order valence-corrected chi connectivity index (χ2v) is 5.80. The molecule has 3 nitrogen and oxygen atoms in total. The summed E-state index contributed by atoms with van der Waals surface area (Å²) < 4.78 is 23.1. The first kappa shape index (κ1) is 12.1. The fourth-order valence-electron chi connectivity index (χ4n) is 2.15. The van der Waals surface area contributed by atoms with Crippen molar-refractivity contribution in [3.05, 3.63) is 48.0 Å². The van der Waals surface area contributed by atoms with Gasteiger partial charge in [-0.2, -0.15) is 0 Å². The third-order valence-electron chi connectivity index (χ3n) is 2.94. The molecule has 17 heavy (non-hydrogen) atoms. The van der Waals surface area contributed by atoms with Gasteiger partial charge in [0.2, 0.25) is 10.0 Å². The van der Waals surface area contributed by atoms with Crippen molar-refractivity contribution >= 4 is 10.0 Å². The first-order valence-corrected chi connectivity index (χ1v) is 7.14. The van der Waals surface area contributed by atoms with Crippen LogP contribution >= 0.6 is 0 Å². The Labute approximate surface area is 102 Å². The van der Waals surface area contributed by atoms with E-state index in [0.717, 1.165) is 16.7 Å². The standard InChI is InChI=1S/C13H15NO2S/c1-2-13(17(14,15)16)12-9-8-10-6-4-3-5-7-11(10)12/h3-9,13H,2H2,1H3,(H2,14,15,16). The molecule has 1 unspecified atom stereocenters.